The van der Waals surface area contributed by atoms with E-state index in [-0.39, 0.29) is 0 Å². The zero-order valence-electron chi connectivity index (χ0n) is 12.7. The Morgan fingerprint density at radius 1 is 1.21 bits per heavy atom. The number of benzene rings is 1. The summed E-state index contributed by atoms with van der Waals surface area (Å²) in [6.07, 6.45) is 3.70. The van der Waals surface area contributed by atoms with E-state index in [0.29, 0.717) is 11.6 Å². The lowest BCUT2D eigenvalue weighted by molar-refractivity contribution is 0.0925. The van der Waals surface area contributed by atoms with Crippen LogP contribution in [0.25, 0.3) is 0 Å². The topological polar surface area (TPSA) is 15.3 Å². The van der Waals surface area contributed by atoms with Crippen LogP contribution in [0, 0.1) is 0 Å². The first-order valence-electron chi connectivity index (χ1n) is 7.73. The van der Waals surface area contributed by atoms with Gasteiger partial charge in [-0.15, -0.1) is 0 Å². The summed E-state index contributed by atoms with van der Waals surface area (Å²) in [5, 5.41) is 3.71. The molecule has 1 aromatic carbocycles. The van der Waals surface area contributed by atoms with Gasteiger partial charge in [0.15, 0.2) is 0 Å². The molecule has 0 amide bonds. The van der Waals surface area contributed by atoms with Crippen molar-refractivity contribution in [2.45, 2.75) is 51.6 Å². The Morgan fingerprint density at radius 3 is 2.53 bits per heavy atom. The van der Waals surface area contributed by atoms with Crippen LogP contribution in [0.2, 0.25) is 0 Å². The van der Waals surface area contributed by atoms with E-state index < -0.39 is 0 Å². The molecule has 1 heterocycles. The van der Waals surface area contributed by atoms with Crippen molar-refractivity contribution in [1.29, 1.82) is 0 Å². The van der Waals surface area contributed by atoms with Gasteiger partial charge in [-0.2, -0.15) is 0 Å². The number of rotatable bonds is 4. The van der Waals surface area contributed by atoms with Crippen molar-refractivity contribution in [3.63, 3.8) is 0 Å². The molecule has 0 spiro atoms. The normalized spacial score (nSPS) is 22.2. The van der Waals surface area contributed by atoms with Gasteiger partial charge in [0.1, 0.15) is 0 Å². The zero-order chi connectivity index (χ0) is 13.7. The molecule has 0 radical (unpaired) electrons. The van der Waals surface area contributed by atoms with Gasteiger partial charge in [0.05, 0.1) is 0 Å². The molecule has 1 aliphatic rings. The highest BCUT2D eigenvalue weighted by molar-refractivity contribution is 5.19. The van der Waals surface area contributed by atoms with Gasteiger partial charge in [0.2, 0.25) is 0 Å². The quantitative estimate of drug-likeness (QED) is 0.890. The van der Waals surface area contributed by atoms with Crippen molar-refractivity contribution in [3.8, 4) is 0 Å². The van der Waals surface area contributed by atoms with Gasteiger partial charge >= 0.3 is 0 Å². The van der Waals surface area contributed by atoms with E-state index in [1.165, 1.54) is 31.4 Å². The summed E-state index contributed by atoms with van der Waals surface area (Å²) in [6, 6.07) is 11.4. The third kappa shape index (κ3) is 3.37. The van der Waals surface area contributed by atoms with Crippen LogP contribution in [0.15, 0.2) is 30.3 Å². The zero-order valence-corrected chi connectivity index (χ0v) is 12.7. The molecule has 1 saturated heterocycles. The van der Waals surface area contributed by atoms with Crippen LogP contribution in [0.3, 0.4) is 0 Å². The van der Waals surface area contributed by atoms with Crippen molar-refractivity contribution in [2.24, 2.45) is 0 Å². The van der Waals surface area contributed by atoms with Crippen LogP contribution in [0.4, 0.5) is 0 Å². The molecule has 1 fully saturated rings. The molecule has 1 atom stereocenters. The van der Waals surface area contributed by atoms with Gasteiger partial charge in [-0.3, -0.25) is 4.90 Å². The summed E-state index contributed by atoms with van der Waals surface area (Å²) >= 11 is 0. The molecular formula is C17H28N2. The fraction of sp³-hybridized carbons (Fsp3) is 0.647. The Bertz CT molecular complexity index is 370. The predicted molar refractivity (Wildman–Crippen MR) is 82.4 cm³/mol. The molecule has 0 bridgehead atoms. The molecule has 2 rings (SSSR count). The first-order chi connectivity index (χ1) is 9.19. The maximum Gasteiger partial charge on any atom is 0.0449 e. The van der Waals surface area contributed by atoms with Crippen molar-refractivity contribution >= 4 is 0 Å². The lowest BCUT2D eigenvalue weighted by Crippen LogP contribution is -2.47. The van der Waals surface area contributed by atoms with E-state index in [0.717, 1.165) is 13.1 Å². The molecule has 1 aromatic rings. The second-order valence-corrected chi connectivity index (χ2v) is 5.92. The van der Waals surface area contributed by atoms with Gasteiger partial charge < -0.3 is 5.32 Å². The molecule has 2 nitrogen and oxygen atoms in total. The molecule has 0 aliphatic carbocycles. The monoisotopic (exact) mass is 260 g/mol. The smallest absolute Gasteiger partial charge is 0.0449 e. The lowest BCUT2D eigenvalue weighted by Gasteiger charge is -2.41. The van der Waals surface area contributed by atoms with E-state index in [4.69, 9.17) is 0 Å². The Labute approximate surface area is 118 Å². The molecule has 106 valence electrons. The Morgan fingerprint density at radius 2 is 1.89 bits per heavy atom. The molecule has 1 unspecified atom stereocenters. The Hall–Kier alpha value is -0.860. The SMILES string of the molecule is CCC(C)(CC)N1CCCNC(c2ccccc2)C1. The lowest BCUT2D eigenvalue weighted by atomic mass is 9.92. The van der Waals surface area contributed by atoms with Crippen molar-refractivity contribution < 1.29 is 0 Å². The minimum Gasteiger partial charge on any atom is -0.309 e. The maximum absolute atomic E-state index is 3.71. The number of nitrogens with zero attached hydrogens (tertiary/aromatic N) is 1. The standard InChI is InChI=1S/C17H28N2/c1-4-17(3,5-2)19-13-9-12-18-16(14-19)15-10-7-6-8-11-15/h6-8,10-11,16,18H,4-5,9,12-14H2,1-3H3. The largest absolute Gasteiger partial charge is 0.309 e. The molecule has 1 aliphatic heterocycles. The van der Waals surface area contributed by atoms with Crippen LogP contribution < -0.4 is 5.32 Å². The Kier molecular flexibility index (Phi) is 5.00. The van der Waals surface area contributed by atoms with Crippen LogP contribution >= 0.6 is 0 Å². The molecular weight excluding hydrogens is 232 g/mol. The van der Waals surface area contributed by atoms with Crippen LogP contribution in [0.5, 0.6) is 0 Å². The van der Waals surface area contributed by atoms with Crippen molar-refractivity contribution in [1.82, 2.24) is 10.2 Å². The van der Waals surface area contributed by atoms with Crippen LogP contribution in [-0.2, 0) is 0 Å². The number of hydrogen-bond donors (Lipinski definition) is 1. The predicted octanol–water partition coefficient (Wildman–Crippen LogP) is 3.60. The molecule has 19 heavy (non-hydrogen) atoms. The van der Waals surface area contributed by atoms with Gasteiger partial charge in [0.25, 0.3) is 0 Å². The minimum atomic E-state index is 0.346. The average molecular weight is 260 g/mol. The van der Waals surface area contributed by atoms with E-state index >= 15 is 0 Å². The van der Waals surface area contributed by atoms with E-state index in [9.17, 15) is 0 Å². The minimum absolute atomic E-state index is 0.346. The first-order valence-corrected chi connectivity index (χ1v) is 7.73. The van der Waals surface area contributed by atoms with Gasteiger partial charge in [-0.25, -0.2) is 0 Å². The van der Waals surface area contributed by atoms with E-state index in [2.05, 4.69) is 61.3 Å². The van der Waals surface area contributed by atoms with Crippen LogP contribution in [0.1, 0.15) is 51.6 Å². The molecule has 0 saturated carbocycles. The van der Waals surface area contributed by atoms with Gasteiger partial charge in [-0.1, -0.05) is 44.2 Å². The average Bonchev–Trinajstić information content (AvgIpc) is 2.74. The number of nitrogens with one attached hydrogen (secondary N) is 1. The molecule has 1 N–H and O–H groups in total. The van der Waals surface area contributed by atoms with Gasteiger partial charge in [-0.05, 0) is 44.8 Å². The second kappa shape index (κ2) is 6.53. The highest BCUT2D eigenvalue weighted by Gasteiger charge is 2.31. The Balaban J connectivity index is 2.15. The maximum atomic E-state index is 3.71. The van der Waals surface area contributed by atoms with E-state index in [1.807, 2.05) is 0 Å². The first kappa shape index (κ1) is 14.5. The van der Waals surface area contributed by atoms with Gasteiger partial charge in [0, 0.05) is 18.1 Å². The summed E-state index contributed by atoms with van der Waals surface area (Å²) in [6.45, 7) is 10.5. The highest BCUT2D eigenvalue weighted by atomic mass is 15.2. The van der Waals surface area contributed by atoms with Crippen molar-refractivity contribution in [2.75, 3.05) is 19.6 Å². The summed E-state index contributed by atoms with van der Waals surface area (Å²) in [5.41, 5.74) is 1.77. The summed E-state index contributed by atoms with van der Waals surface area (Å²) in [5.74, 6) is 0. The fourth-order valence-corrected chi connectivity index (χ4v) is 3.02. The number of hydrogen-bond acceptors (Lipinski definition) is 2. The van der Waals surface area contributed by atoms with Crippen molar-refractivity contribution in [3.05, 3.63) is 35.9 Å². The van der Waals surface area contributed by atoms with E-state index in [1.54, 1.807) is 0 Å². The third-order valence-corrected chi connectivity index (χ3v) is 4.89. The highest BCUT2D eigenvalue weighted by Crippen LogP contribution is 2.28. The third-order valence-electron chi connectivity index (χ3n) is 4.89. The molecule has 2 heteroatoms. The summed E-state index contributed by atoms with van der Waals surface area (Å²) in [7, 11) is 0. The molecule has 0 aromatic heterocycles. The summed E-state index contributed by atoms with van der Waals surface area (Å²) < 4.78 is 0. The van der Waals surface area contributed by atoms with Crippen LogP contribution in [-0.4, -0.2) is 30.1 Å². The fourth-order valence-electron chi connectivity index (χ4n) is 3.02. The summed E-state index contributed by atoms with van der Waals surface area (Å²) in [4.78, 5) is 2.70. The second-order valence-electron chi connectivity index (χ2n) is 5.92.